The Bertz CT molecular complexity index is 916. The number of nitrogens with zero attached hydrogens (tertiary/aromatic N) is 2. The van der Waals surface area contributed by atoms with Crippen molar-refractivity contribution in [1.82, 2.24) is 4.98 Å². The van der Waals surface area contributed by atoms with Crippen molar-refractivity contribution in [2.45, 2.75) is 25.3 Å². The number of hydrogen-bond donors (Lipinski definition) is 1. The van der Waals surface area contributed by atoms with Gasteiger partial charge in [-0.2, -0.15) is 0 Å². The van der Waals surface area contributed by atoms with E-state index in [1.807, 2.05) is 18.2 Å². The normalized spacial score (nSPS) is 24.1. The van der Waals surface area contributed by atoms with Gasteiger partial charge in [-0.3, -0.25) is 14.8 Å². The van der Waals surface area contributed by atoms with Gasteiger partial charge in [0.15, 0.2) is 11.0 Å². The molecule has 1 aromatic carbocycles. The number of hydrogen-bond acceptors (Lipinski definition) is 6. The standard InChI is InChI=1S/C20H20ClN3O2S/c1-20-13(11-27-19(22)24-20)6-7-26-18-5-2-12(8-15(18)20)9-17(25)16-4-3-14(21)10-23-16/h2-5,8,10,13H,6-7,9,11H2,1H3,(H2,22,24)/t13-,20+/m1/s1. The van der Waals surface area contributed by atoms with Gasteiger partial charge in [0.25, 0.3) is 0 Å². The summed E-state index contributed by atoms with van der Waals surface area (Å²) in [5, 5.41) is 1.12. The maximum atomic E-state index is 12.6. The van der Waals surface area contributed by atoms with E-state index in [9.17, 15) is 4.79 Å². The zero-order chi connectivity index (χ0) is 19.0. The number of aromatic nitrogens is 1. The number of nitrogens with two attached hydrogens (primary N) is 1. The summed E-state index contributed by atoms with van der Waals surface area (Å²) in [5.41, 5.74) is 7.93. The number of carbonyl (C=O) groups is 1. The van der Waals surface area contributed by atoms with E-state index in [1.54, 1.807) is 23.9 Å². The molecule has 4 rings (SSSR count). The van der Waals surface area contributed by atoms with E-state index in [-0.39, 0.29) is 12.2 Å². The Morgan fingerprint density at radius 1 is 1.41 bits per heavy atom. The van der Waals surface area contributed by atoms with Crippen molar-refractivity contribution < 1.29 is 9.53 Å². The summed E-state index contributed by atoms with van der Waals surface area (Å²) < 4.78 is 5.97. The molecule has 0 bridgehead atoms. The van der Waals surface area contributed by atoms with Crippen molar-refractivity contribution in [2.24, 2.45) is 16.6 Å². The van der Waals surface area contributed by atoms with Crippen molar-refractivity contribution in [3.63, 3.8) is 0 Å². The first-order chi connectivity index (χ1) is 13.0. The molecular formula is C20H20ClN3O2S. The number of amidine groups is 1. The summed E-state index contributed by atoms with van der Waals surface area (Å²) in [5.74, 6) is 2.04. The largest absolute Gasteiger partial charge is 0.493 e. The molecule has 2 aliphatic heterocycles. The van der Waals surface area contributed by atoms with Crippen molar-refractivity contribution in [2.75, 3.05) is 12.4 Å². The Balaban J connectivity index is 1.68. The first-order valence-corrected chi connectivity index (χ1v) is 10.2. The molecule has 5 nitrogen and oxygen atoms in total. The predicted octanol–water partition coefficient (Wildman–Crippen LogP) is 3.84. The van der Waals surface area contributed by atoms with E-state index in [0.29, 0.717) is 28.4 Å². The van der Waals surface area contributed by atoms with Gasteiger partial charge in [-0.1, -0.05) is 29.4 Å². The summed E-state index contributed by atoms with van der Waals surface area (Å²) in [7, 11) is 0. The smallest absolute Gasteiger partial charge is 0.185 e. The number of carbonyl (C=O) groups excluding carboxylic acids is 1. The fraction of sp³-hybridized carbons (Fsp3) is 0.350. The third-order valence-corrected chi connectivity index (χ3v) is 6.44. The molecular weight excluding hydrogens is 382 g/mol. The topological polar surface area (TPSA) is 77.6 Å². The Hall–Kier alpha value is -2.05. The summed E-state index contributed by atoms with van der Waals surface area (Å²) in [6.07, 6.45) is 2.68. The number of thioether (sulfide) groups is 1. The van der Waals surface area contributed by atoms with Crippen LogP contribution >= 0.6 is 23.4 Å². The van der Waals surface area contributed by atoms with Gasteiger partial charge in [0.2, 0.25) is 0 Å². The van der Waals surface area contributed by atoms with Gasteiger partial charge in [-0.05, 0) is 43.2 Å². The minimum Gasteiger partial charge on any atom is -0.493 e. The molecule has 2 N–H and O–H groups in total. The highest BCUT2D eigenvalue weighted by atomic mass is 35.5. The minimum atomic E-state index is -0.432. The van der Waals surface area contributed by atoms with Gasteiger partial charge >= 0.3 is 0 Å². The average Bonchev–Trinajstić information content (AvgIpc) is 2.78. The molecule has 0 aliphatic carbocycles. The highest BCUT2D eigenvalue weighted by molar-refractivity contribution is 8.13. The van der Waals surface area contributed by atoms with Crippen LogP contribution in [0.3, 0.4) is 0 Å². The lowest BCUT2D eigenvalue weighted by Gasteiger charge is -2.36. The van der Waals surface area contributed by atoms with Crippen LogP contribution in [0.25, 0.3) is 0 Å². The lowest BCUT2D eigenvalue weighted by molar-refractivity contribution is 0.0988. The van der Waals surface area contributed by atoms with E-state index >= 15 is 0 Å². The second kappa shape index (κ2) is 7.17. The van der Waals surface area contributed by atoms with Crippen LogP contribution in [0.5, 0.6) is 5.75 Å². The molecule has 0 radical (unpaired) electrons. The number of rotatable bonds is 3. The molecule has 7 heteroatoms. The summed E-state index contributed by atoms with van der Waals surface area (Å²) in [6.45, 7) is 2.78. The van der Waals surface area contributed by atoms with E-state index in [1.165, 1.54) is 6.20 Å². The van der Waals surface area contributed by atoms with E-state index in [0.717, 1.165) is 29.1 Å². The quantitative estimate of drug-likeness (QED) is 0.790. The molecule has 2 atom stereocenters. The molecule has 2 aromatic rings. The number of aliphatic imine (C=N–C) groups is 1. The maximum Gasteiger partial charge on any atom is 0.185 e. The van der Waals surface area contributed by atoms with Crippen LogP contribution in [-0.4, -0.2) is 28.3 Å². The minimum absolute atomic E-state index is 0.0509. The molecule has 140 valence electrons. The predicted molar refractivity (Wildman–Crippen MR) is 109 cm³/mol. The van der Waals surface area contributed by atoms with Crippen LogP contribution in [0.15, 0.2) is 41.5 Å². The molecule has 0 unspecified atom stereocenters. The number of Topliss-reactive ketones (excluding diaryl/α,β-unsaturated/α-hetero) is 1. The number of pyridine rings is 1. The van der Waals surface area contributed by atoms with E-state index in [4.69, 9.17) is 27.1 Å². The Kier molecular flexibility index (Phi) is 4.86. The first-order valence-electron chi connectivity index (χ1n) is 8.85. The van der Waals surface area contributed by atoms with Gasteiger partial charge in [0.1, 0.15) is 11.4 Å². The molecule has 27 heavy (non-hydrogen) atoms. The zero-order valence-electron chi connectivity index (χ0n) is 14.9. The number of ketones is 1. The van der Waals surface area contributed by atoms with Crippen molar-refractivity contribution in [1.29, 1.82) is 0 Å². The van der Waals surface area contributed by atoms with Crippen molar-refractivity contribution in [3.05, 3.63) is 58.4 Å². The third-order valence-electron chi connectivity index (χ3n) is 5.26. The molecule has 1 aromatic heterocycles. The highest BCUT2D eigenvalue weighted by Crippen LogP contribution is 2.47. The average molecular weight is 402 g/mol. The van der Waals surface area contributed by atoms with Gasteiger partial charge in [0, 0.05) is 29.9 Å². The number of ether oxygens (including phenoxy) is 1. The third kappa shape index (κ3) is 3.56. The number of benzene rings is 1. The van der Waals surface area contributed by atoms with Gasteiger partial charge in [-0.15, -0.1) is 0 Å². The Morgan fingerprint density at radius 3 is 3.04 bits per heavy atom. The Labute approximate surface area is 167 Å². The second-order valence-corrected chi connectivity index (χ2v) is 8.51. The lowest BCUT2D eigenvalue weighted by atomic mass is 9.78. The number of halogens is 1. The van der Waals surface area contributed by atoms with Gasteiger partial charge in [0.05, 0.1) is 17.2 Å². The molecule has 0 spiro atoms. The molecule has 2 aliphatic rings. The fourth-order valence-electron chi connectivity index (χ4n) is 3.68. The Morgan fingerprint density at radius 2 is 2.26 bits per heavy atom. The summed E-state index contributed by atoms with van der Waals surface area (Å²) >= 11 is 7.45. The van der Waals surface area contributed by atoms with Crippen LogP contribution in [-0.2, 0) is 12.0 Å². The molecule has 3 heterocycles. The summed E-state index contributed by atoms with van der Waals surface area (Å²) in [4.78, 5) is 21.5. The molecule has 0 amide bonds. The monoisotopic (exact) mass is 401 g/mol. The zero-order valence-corrected chi connectivity index (χ0v) is 16.5. The molecule has 0 fully saturated rings. The summed E-state index contributed by atoms with van der Waals surface area (Å²) in [6, 6.07) is 9.23. The van der Waals surface area contributed by atoms with Crippen LogP contribution in [0.1, 0.15) is 35.0 Å². The van der Waals surface area contributed by atoms with Crippen molar-refractivity contribution in [3.8, 4) is 5.75 Å². The van der Waals surface area contributed by atoms with Crippen LogP contribution in [0.4, 0.5) is 0 Å². The molecule has 0 saturated heterocycles. The lowest BCUT2D eigenvalue weighted by Crippen LogP contribution is -2.37. The van der Waals surface area contributed by atoms with Crippen LogP contribution in [0.2, 0.25) is 5.02 Å². The highest BCUT2D eigenvalue weighted by Gasteiger charge is 2.42. The fourth-order valence-corrected chi connectivity index (χ4v) is 4.91. The van der Waals surface area contributed by atoms with Crippen LogP contribution < -0.4 is 10.5 Å². The first kappa shape index (κ1) is 18.3. The SMILES string of the molecule is C[C@]12N=C(N)SC[C@H]1CCOc1ccc(CC(=O)c3ccc(Cl)cn3)cc12. The van der Waals surface area contributed by atoms with Crippen LogP contribution in [0, 0.1) is 5.92 Å². The van der Waals surface area contributed by atoms with Gasteiger partial charge in [-0.25, -0.2) is 0 Å². The second-order valence-electron chi connectivity index (χ2n) is 7.03. The van der Waals surface area contributed by atoms with Gasteiger partial charge < -0.3 is 10.5 Å². The van der Waals surface area contributed by atoms with E-state index < -0.39 is 5.54 Å². The van der Waals surface area contributed by atoms with Crippen molar-refractivity contribution >= 4 is 34.3 Å². The number of fused-ring (bicyclic) bond motifs is 3. The maximum absolute atomic E-state index is 12.6. The van der Waals surface area contributed by atoms with E-state index in [2.05, 4.69) is 11.9 Å². The molecule has 0 saturated carbocycles.